The molecule has 0 bridgehead atoms. The van der Waals surface area contributed by atoms with E-state index in [9.17, 15) is 9.18 Å². The number of amides is 1. The first-order valence-electron chi connectivity index (χ1n) is 7.58. The number of rotatable bonds is 4. The third-order valence-corrected chi connectivity index (χ3v) is 3.88. The van der Waals surface area contributed by atoms with Crippen LogP contribution >= 0.6 is 0 Å². The number of halogens is 1. The summed E-state index contributed by atoms with van der Waals surface area (Å²) in [6.45, 7) is 0.699. The number of aryl methyl sites for hydroxylation is 1. The molecule has 25 heavy (non-hydrogen) atoms. The maximum absolute atomic E-state index is 14.4. The van der Waals surface area contributed by atoms with Crippen LogP contribution in [0.4, 0.5) is 14.9 Å². The summed E-state index contributed by atoms with van der Waals surface area (Å²) in [5.74, 6) is -0.481. The lowest BCUT2D eigenvalue weighted by molar-refractivity contribution is 0.129. The topological polar surface area (TPSA) is 91.0 Å². The van der Waals surface area contributed by atoms with Gasteiger partial charge in [-0.05, 0) is 18.2 Å². The number of aromatic nitrogens is 6. The normalized spacial score (nSPS) is 17.1. The van der Waals surface area contributed by atoms with Crippen LogP contribution in [0.25, 0.3) is 11.3 Å². The summed E-state index contributed by atoms with van der Waals surface area (Å²) in [5, 5.41) is 15.2. The number of cyclic esters (lactones) is 1. The van der Waals surface area contributed by atoms with Gasteiger partial charge in [-0.1, -0.05) is 10.4 Å². The minimum absolute atomic E-state index is 0.308. The molecule has 9 nitrogen and oxygen atoms in total. The van der Waals surface area contributed by atoms with Crippen molar-refractivity contribution in [1.29, 1.82) is 0 Å². The summed E-state index contributed by atoms with van der Waals surface area (Å²) in [4.78, 5) is 13.5. The molecular weight excluding hydrogens is 329 g/mol. The second-order valence-electron chi connectivity index (χ2n) is 5.68. The van der Waals surface area contributed by atoms with Crippen LogP contribution in [-0.2, 0) is 18.3 Å². The number of carbonyl (C=O) groups is 1. The molecule has 0 unspecified atom stereocenters. The minimum atomic E-state index is -0.517. The van der Waals surface area contributed by atoms with Crippen molar-refractivity contribution in [2.75, 3.05) is 11.4 Å². The molecule has 1 amide bonds. The number of carbonyl (C=O) groups excluding carboxylic acids is 1. The van der Waals surface area contributed by atoms with Crippen LogP contribution in [0.5, 0.6) is 0 Å². The maximum atomic E-state index is 14.4. The van der Waals surface area contributed by atoms with Crippen molar-refractivity contribution >= 4 is 11.8 Å². The van der Waals surface area contributed by atoms with E-state index in [2.05, 4.69) is 20.6 Å². The van der Waals surface area contributed by atoms with E-state index in [4.69, 9.17) is 4.74 Å². The summed E-state index contributed by atoms with van der Waals surface area (Å²) in [5.41, 5.74) is 1.18. The maximum Gasteiger partial charge on any atom is 0.414 e. The average Bonchev–Trinajstić information content (AvgIpc) is 3.30. The summed E-state index contributed by atoms with van der Waals surface area (Å²) in [6, 6.07) is 4.53. The van der Waals surface area contributed by atoms with Crippen LogP contribution < -0.4 is 4.90 Å². The molecule has 10 heteroatoms. The molecule has 0 spiro atoms. The molecule has 1 fully saturated rings. The molecule has 128 valence electrons. The first-order chi connectivity index (χ1) is 12.1. The Morgan fingerprint density at radius 1 is 1.36 bits per heavy atom. The van der Waals surface area contributed by atoms with Gasteiger partial charge >= 0.3 is 6.09 Å². The standard InChI is InChI=1S/C15H14FN7O2/c1-21-9-14(18-20-21)12-3-2-10(6-13(12)16)23-8-11(25-15(23)24)7-22-5-4-17-19-22/h2-6,9,11H,7-8H2,1H3/t11-/m0/s1. The zero-order chi connectivity index (χ0) is 17.4. The largest absolute Gasteiger partial charge is 0.442 e. The Morgan fingerprint density at radius 2 is 2.24 bits per heavy atom. The fraction of sp³-hybridized carbons (Fsp3) is 0.267. The zero-order valence-electron chi connectivity index (χ0n) is 13.3. The van der Waals surface area contributed by atoms with E-state index in [1.165, 1.54) is 15.6 Å². The molecule has 1 aromatic carbocycles. The number of hydrogen-bond acceptors (Lipinski definition) is 6. The molecule has 0 saturated carbocycles. The molecule has 3 aromatic rings. The monoisotopic (exact) mass is 343 g/mol. The number of hydrogen-bond donors (Lipinski definition) is 0. The van der Waals surface area contributed by atoms with E-state index < -0.39 is 11.9 Å². The Balaban J connectivity index is 1.53. The van der Waals surface area contributed by atoms with Gasteiger partial charge in [0.2, 0.25) is 0 Å². The van der Waals surface area contributed by atoms with E-state index in [1.807, 2.05) is 0 Å². The third kappa shape index (κ3) is 2.93. The van der Waals surface area contributed by atoms with Gasteiger partial charge in [-0.2, -0.15) is 0 Å². The molecular formula is C15H14FN7O2. The predicted octanol–water partition coefficient (Wildman–Crippen LogP) is 1.24. The fourth-order valence-electron chi connectivity index (χ4n) is 2.72. The Labute approximate surface area is 141 Å². The van der Waals surface area contributed by atoms with Gasteiger partial charge in [-0.25, -0.2) is 13.9 Å². The van der Waals surface area contributed by atoms with Gasteiger partial charge in [0.1, 0.15) is 17.6 Å². The summed E-state index contributed by atoms with van der Waals surface area (Å²) >= 11 is 0. The van der Waals surface area contributed by atoms with Crippen molar-refractivity contribution < 1.29 is 13.9 Å². The molecule has 1 atom stereocenters. The third-order valence-electron chi connectivity index (χ3n) is 3.88. The number of nitrogens with zero attached hydrogens (tertiary/aromatic N) is 7. The van der Waals surface area contributed by atoms with Gasteiger partial charge in [0.15, 0.2) is 0 Å². The van der Waals surface area contributed by atoms with Crippen LogP contribution in [-0.4, -0.2) is 48.7 Å². The lowest BCUT2D eigenvalue weighted by atomic mass is 10.1. The fourth-order valence-corrected chi connectivity index (χ4v) is 2.72. The lowest BCUT2D eigenvalue weighted by Gasteiger charge is -2.14. The van der Waals surface area contributed by atoms with Crippen molar-refractivity contribution in [2.45, 2.75) is 12.6 Å². The van der Waals surface area contributed by atoms with Crippen LogP contribution in [0.2, 0.25) is 0 Å². The Bertz CT molecular complexity index is 909. The molecule has 1 saturated heterocycles. The first-order valence-corrected chi connectivity index (χ1v) is 7.58. The lowest BCUT2D eigenvalue weighted by Crippen LogP contribution is -2.26. The average molecular weight is 343 g/mol. The van der Waals surface area contributed by atoms with Gasteiger partial charge in [0, 0.05) is 18.8 Å². The highest BCUT2D eigenvalue weighted by molar-refractivity contribution is 5.90. The molecule has 1 aliphatic heterocycles. The molecule has 2 aromatic heterocycles. The predicted molar refractivity (Wildman–Crippen MR) is 84.0 cm³/mol. The second kappa shape index (κ2) is 5.96. The van der Waals surface area contributed by atoms with E-state index in [1.54, 1.807) is 42.5 Å². The van der Waals surface area contributed by atoms with Crippen LogP contribution in [0.15, 0.2) is 36.8 Å². The number of ether oxygens (including phenoxy) is 1. The van der Waals surface area contributed by atoms with Crippen molar-refractivity contribution in [3.05, 3.63) is 42.6 Å². The summed E-state index contributed by atoms with van der Waals surface area (Å²) < 4.78 is 22.8. The van der Waals surface area contributed by atoms with Crippen molar-refractivity contribution in [3.63, 3.8) is 0 Å². The van der Waals surface area contributed by atoms with Gasteiger partial charge in [-0.15, -0.1) is 10.2 Å². The summed E-state index contributed by atoms with van der Waals surface area (Å²) in [7, 11) is 1.71. The molecule has 0 aliphatic carbocycles. The number of anilines is 1. The highest BCUT2D eigenvalue weighted by Crippen LogP contribution is 2.28. The first kappa shape index (κ1) is 15.2. The van der Waals surface area contributed by atoms with E-state index in [0.29, 0.717) is 30.0 Å². The van der Waals surface area contributed by atoms with E-state index >= 15 is 0 Å². The Hall–Kier alpha value is -3.30. The van der Waals surface area contributed by atoms with Crippen molar-refractivity contribution in [3.8, 4) is 11.3 Å². The molecule has 3 heterocycles. The Kier molecular flexibility index (Phi) is 3.64. The highest BCUT2D eigenvalue weighted by Gasteiger charge is 2.33. The van der Waals surface area contributed by atoms with Crippen molar-refractivity contribution in [1.82, 2.24) is 30.0 Å². The van der Waals surface area contributed by atoms with Crippen molar-refractivity contribution in [2.24, 2.45) is 7.05 Å². The minimum Gasteiger partial charge on any atom is -0.442 e. The van der Waals surface area contributed by atoms with Gasteiger partial charge in [0.25, 0.3) is 0 Å². The van der Waals surface area contributed by atoms with Crippen LogP contribution in [0.1, 0.15) is 0 Å². The molecule has 4 rings (SSSR count). The smallest absolute Gasteiger partial charge is 0.414 e. The van der Waals surface area contributed by atoms with Gasteiger partial charge in [-0.3, -0.25) is 9.58 Å². The molecule has 0 radical (unpaired) electrons. The van der Waals surface area contributed by atoms with Gasteiger partial charge < -0.3 is 4.74 Å². The summed E-state index contributed by atoms with van der Waals surface area (Å²) in [6.07, 6.45) is 3.96. The van der Waals surface area contributed by atoms with Crippen LogP contribution in [0.3, 0.4) is 0 Å². The van der Waals surface area contributed by atoms with E-state index in [-0.39, 0.29) is 6.10 Å². The van der Waals surface area contributed by atoms with Gasteiger partial charge in [0.05, 0.1) is 31.2 Å². The Morgan fingerprint density at radius 3 is 2.92 bits per heavy atom. The number of benzene rings is 1. The van der Waals surface area contributed by atoms with E-state index in [0.717, 1.165) is 0 Å². The zero-order valence-corrected chi connectivity index (χ0v) is 13.3. The van der Waals surface area contributed by atoms with Crippen LogP contribution in [0, 0.1) is 5.82 Å². The SMILES string of the molecule is Cn1cc(-c2ccc(N3C[C@H](Cn4ccnn4)OC3=O)cc2F)nn1. The quantitative estimate of drug-likeness (QED) is 0.708. The highest BCUT2D eigenvalue weighted by atomic mass is 19.1. The second-order valence-corrected chi connectivity index (χ2v) is 5.68. The molecule has 0 N–H and O–H groups in total. The molecule has 1 aliphatic rings.